The van der Waals surface area contributed by atoms with Crippen molar-refractivity contribution in [2.75, 3.05) is 0 Å². The Morgan fingerprint density at radius 2 is 2.00 bits per heavy atom. The van der Waals surface area contributed by atoms with Crippen molar-refractivity contribution in [3.8, 4) is 0 Å². The maximum atomic E-state index is 14.1. The fourth-order valence-electron chi connectivity index (χ4n) is 3.32. The standard InChI is InChI=1S/C18H13F2N5O/c19-12-4-3-11-10(7-13(26)23-15(11)14(12)20)8-25-17(9-1-2-9)24-16-18(25)22-6-5-21-16/h3-7,9H,1-2,8H2,(H,23,26). The normalized spacial score (nSPS) is 14.4. The van der Waals surface area contributed by atoms with E-state index in [1.54, 1.807) is 12.4 Å². The van der Waals surface area contributed by atoms with E-state index in [9.17, 15) is 13.6 Å². The molecule has 1 N–H and O–H groups in total. The summed E-state index contributed by atoms with van der Waals surface area (Å²) < 4.78 is 29.6. The molecule has 1 aliphatic carbocycles. The van der Waals surface area contributed by atoms with Gasteiger partial charge in [-0.2, -0.15) is 0 Å². The van der Waals surface area contributed by atoms with E-state index in [1.165, 1.54) is 12.1 Å². The zero-order valence-corrected chi connectivity index (χ0v) is 13.5. The summed E-state index contributed by atoms with van der Waals surface area (Å²) in [6.07, 6.45) is 5.25. The van der Waals surface area contributed by atoms with Crippen molar-refractivity contribution >= 4 is 22.2 Å². The third kappa shape index (κ3) is 2.29. The first-order valence-electron chi connectivity index (χ1n) is 8.29. The number of halogens is 2. The van der Waals surface area contributed by atoms with Crippen molar-refractivity contribution < 1.29 is 8.78 Å². The zero-order chi connectivity index (χ0) is 17.8. The first-order valence-corrected chi connectivity index (χ1v) is 8.29. The molecule has 130 valence electrons. The van der Waals surface area contributed by atoms with Crippen molar-refractivity contribution in [1.29, 1.82) is 0 Å². The van der Waals surface area contributed by atoms with Gasteiger partial charge in [-0.3, -0.25) is 4.79 Å². The zero-order valence-electron chi connectivity index (χ0n) is 13.5. The summed E-state index contributed by atoms with van der Waals surface area (Å²) in [5, 5.41) is 0.455. The fourth-order valence-corrected chi connectivity index (χ4v) is 3.32. The SMILES string of the molecule is O=c1cc(Cn2c(C3CC3)nc3nccnc32)c2ccc(F)c(F)c2[nH]1. The van der Waals surface area contributed by atoms with E-state index in [2.05, 4.69) is 19.9 Å². The second-order valence-electron chi connectivity index (χ2n) is 6.48. The molecule has 1 fully saturated rings. The maximum Gasteiger partial charge on any atom is 0.248 e. The van der Waals surface area contributed by atoms with Crippen LogP contribution in [-0.2, 0) is 6.54 Å². The van der Waals surface area contributed by atoms with Crippen molar-refractivity contribution in [2.45, 2.75) is 25.3 Å². The lowest BCUT2D eigenvalue weighted by molar-refractivity contribution is 0.515. The molecule has 3 heterocycles. The lowest BCUT2D eigenvalue weighted by Crippen LogP contribution is -2.12. The number of hydrogen-bond donors (Lipinski definition) is 1. The molecular weight excluding hydrogens is 340 g/mol. The number of fused-ring (bicyclic) bond motifs is 2. The topological polar surface area (TPSA) is 76.5 Å². The van der Waals surface area contributed by atoms with E-state index in [4.69, 9.17) is 0 Å². The van der Waals surface area contributed by atoms with Crippen LogP contribution in [0.1, 0.15) is 30.1 Å². The van der Waals surface area contributed by atoms with Crippen LogP contribution in [-0.4, -0.2) is 24.5 Å². The summed E-state index contributed by atoms with van der Waals surface area (Å²) in [5.41, 5.74) is 1.12. The summed E-state index contributed by atoms with van der Waals surface area (Å²) in [4.78, 5) is 27.6. The van der Waals surface area contributed by atoms with Gasteiger partial charge in [0.2, 0.25) is 5.56 Å². The first kappa shape index (κ1) is 15.1. The average Bonchev–Trinajstić information content (AvgIpc) is 3.41. The molecule has 0 bridgehead atoms. The summed E-state index contributed by atoms with van der Waals surface area (Å²) >= 11 is 0. The van der Waals surface area contributed by atoms with Gasteiger partial charge in [0.25, 0.3) is 0 Å². The highest BCUT2D eigenvalue weighted by Crippen LogP contribution is 2.40. The molecule has 0 radical (unpaired) electrons. The van der Waals surface area contributed by atoms with Crippen LogP contribution < -0.4 is 5.56 Å². The summed E-state index contributed by atoms with van der Waals surface area (Å²) in [5.74, 6) is -0.849. The summed E-state index contributed by atoms with van der Waals surface area (Å²) in [7, 11) is 0. The number of pyridine rings is 1. The van der Waals surface area contributed by atoms with Gasteiger partial charge in [-0.15, -0.1) is 0 Å². The van der Waals surface area contributed by atoms with Gasteiger partial charge in [-0.25, -0.2) is 23.7 Å². The number of imidazole rings is 1. The number of benzene rings is 1. The number of H-pyrrole nitrogens is 1. The highest BCUT2D eigenvalue weighted by atomic mass is 19.2. The van der Waals surface area contributed by atoms with Gasteiger partial charge < -0.3 is 9.55 Å². The Hall–Kier alpha value is -3.16. The Bertz CT molecular complexity index is 1230. The first-order chi connectivity index (χ1) is 12.6. The number of nitrogens with one attached hydrogen (secondary N) is 1. The monoisotopic (exact) mass is 353 g/mol. The molecule has 26 heavy (non-hydrogen) atoms. The van der Waals surface area contributed by atoms with E-state index in [0.29, 0.717) is 28.2 Å². The highest BCUT2D eigenvalue weighted by Gasteiger charge is 2.30. The van der Waals surface area contributed by atoms with Crippen LogP contribution in [0.5, 0.6) is 0 Å². The predicted molar refractivity (Wildman–Crippen MR) is 90.9 cm³/mol. The smallest absolute Gasteiger partial charge is 0.248 e. The van der Waals surface area contributed by atoms with Crippen LogP contribution in [0.15, 0.2) is 35.4 Å². The fraction of sp³-hybridized carbons (Fsp3) is 0.222. The number of aromatic amines is 1. The molecule has 1 saturated carbocycles. The number of rotatable bonds is 3. The van der Waals surface area contributed by atoms with Crippen molar-refractivity contribution in [2.24, 2.45) is 0 Å². The third-order valence-corrected chi connectivity index (χ3v) is 4.68. The number of nitrogens with zero attached hydrogens (tertiary/aromatic N) is 4. The molecule has 6 nitrogen and oxygen atoms in total. The Labute approximate surface area is 145 Å². The number of hydrogen-bond acceptors (Lipinski definition) is 4. The van der Waals surface area contributed by atoms with Crippen molar-refractivity contribution in [3.05, 3.63) is 64.0 Å². The largest absolute Gasteiger partial charge is 0.319 e. The molecule has 1 aromatic carbocycles. The maximum absolute atomic E-state index is 14.1. The average molecular weight is 353 g/mol. The Kier molecular flexibility index (Phi) is 3.15. The molecule has 0 spiro atoms. The predicted octanol–water partition coefficient (Wildman–Crippen LogP) is 2.87. The molecule has 0 saturated heterocycles. The minimum Gasteiger partial charge on any atom is -0.319 e. The van der Waals surface area contributed by atoms with E-state index >= 15 is 0 Å². The lowest BCUT2D eigenvalue weighted by Gasteiger charge is -2.11. The lowest BCUT2D eigenvalue weighted by atomic mass is 10.1. The van der Waals surface area contributed by atoms with Gasteiger partial charge in [-0.05, 0) is 30.5 Å². The molecule has 0 unspecified atom stereocenters. The van der Waals surface area contributed by atoms with Crippen LogP contribution in [0, 0.1) is 11.6 Å². The Morgan fingerprint density at radius 3 is 2.81 bits per heavy atom. The van der Waals surface area contributed by atoms with Gasteiger partial charge in [0.15, 0.2) is 22.9 Å². The minimum atomic E-state index is -1.06. The van der Waals surface area contributed by atoms with Gasteiger partial charge in [-0.1, -0.05) is 0 Å². The van der Waals surface area contributed by atoms with E-state index in [0.717, 1.165) is 24.7 Å². The van der Waals surface area contributed by atoms with Gasteiger partial charge in [0.1, 0.15) is 5.82 Å². The van der Waals surface area contributed by atoms with Crippen molar-refractivity contribution in [1.82, 2.24) is 24.5 Å². The van der Waals surface area contributed by atoms with E-state index < -0.39 is 17.2 Å². The second kappa shape index (κ2) is 5.42. The Balaban J connectivity index is 1.74. The van der Waals surface area contributed by atoms with Crippen LogP contribution in [0.4, 0.5) is 8.78 Å². The Morgan fingerprint density at radius 1 is 1.19 bits per heavy atom. The van der Waals surface area contributed by atoms with Gasteiger partial charge in [0.05, 0.1) is 12.1 Å². The van der Waals surface area contributed by atoms with Crippen LogP contribution >= 0.6 is 0 Å². The molecule has 8 heteroatoms. The molecule has 5 rings (SSSR count). The molecule has 1 aliphatic rings. The minimum absolute atomic E-state index is 0.129. The second-order valence-corrected chi connectivity index (χ2v) is 6.48. The van der Waals surface area contributed by atoms with Gasteiger partial charge >= 0.3 is 0 Å². The quantitative estimate of drug-likeness (QED) is 0.614. The highest BCUT2D eigenvalue weighted by molar-refractivity contribution is 5.82. The molecule has 4 aromatic rings. The molecule has 0 atom stereocenters. The summed E-state index contributed by atoms with van der Waals surface area (Å²) in [6.45, 7) is 0.284. The molecular formula is C18H13F2N5O. The molecule has 3 aromatic heterocycles. The molecule has 0 amide bonds. The van der Waals surface area contributed by atoms with Crippen molar-refractivity contribution in [3.63, 3.8) is 0 Å². The summed E-state index contributed by atoms with van der Waals surface area (Å²) in [6, 6.07) is 3.94. The van der Waals surface area contributed by atoms with E-state index in [-0.39, 0.29) is 12.1 Å². The van der Waals surface area contributed by atoms with E-state index in [1.807, 2.05) is 4.57 Å². The number of aromatic nitrogens is 5. The third-order valence-electron chi connectivity index (χ3n) is 4.68. The molecule has 0 aliphatic heterocycles. The van der Waals surface area contributed by atoms with Crippen LogP contribution in [0.2, 0.25) is 0 Å². The van der Waals surface area contributed by atoms with Crippen LogP contribution in [0.25, 0.3) is 22.2 Å². The van der Waals surface area contributed by atoms with Gasteiger partial charge in [0, 0.05) is 29.8 Å². The van der Waals surface area contributed by atoms with Crippen LogP contribution in [0.3, 0.4) is 0 Å².